The Labute approximate surface area is 128 Å². The summed E-state index contributed by atoms with van der Waals surface area (Å²) in [6.45, 7) is 7.69. The third-order valence-corrected chi connectivity index (χ3v) is 5.86. The molecule has 0 amide bonds. The van der Waals surface area contributed by atoms with E-state index in [0.29, 0.717) is 5.41 Å². The molecule has 3 rings (SSSR count). The number of Topliss-reactive ketones (excluding diaryl/α,β-unsaturated/α-hetero) is 1. The number of halogens is 1. The van der Waals surface area contributed by atoms with E-state index in [-0.39, 0.29) is 5.78 Å². The summed E-state index contributed by atoms with van der Waals surface area (Å²) in [5.74, 6) is 0.109. The number of aryl methyl sites for hydroxylation is 2. The highest BCUT2D eigenvalue weighted by molar-refractivity contribution is 9.10. The zero-order valence-corrected chi connectivity index (χ0v) is 14.0. The predicted octanol–water partition coefficient (Wildman–Crippen LogP) is 4.04. The first-order valence-electron chi connectivity index (χ1n) is 7.36. The number of hydrogen-bond acceptors (Lipinski definition) is 3. The van der Waals surface area contributed by atoms with E-state index in [0.717, 1.165) is 40.2 Å². The van der Waals surface area contributed by atoms with Crippen molar-refractivity contribution in [2.24, 2.45) is 5.41 Å². The second kappa shape index (κ2) is 4.83. The van der Waals surface area contributed by atoms with Gasteiger partial charge in [-0.15, -0.1) is 0 Å². The number of rotatable bonds is 2. The number of anilines is 1. The van der Waals surface area contributed by atoms with Gasteiger partial charge in [-0.3, -0.25) is 9.78 Å². The molecule has 0 atom stereocenters. The van der Waals surface area contributed by atoms with Crippen molar-refractivity contribution in [1.82, 2.24) is 4.98 Å². The van der Waals surface area contributed by atoms with Crippen LogP contribution >= 0.6 is 15.9 Å². The van der Waals surface area contributed by atoms with Crippen molar-refractivity contribution in [2.75, 3.05) is 18.0 Å². The van der Waals surface area contributed by atoms with Crippen molar-refractivity contribution in [3.63, 3.8) is 0 Å². The van der Waals surface area contributed by atoms with Crippen LogP contribution in [0.1, 0.15) is 54.4 Å². The Balaban J connectivity index is 2.01. The van der Waals surface area contributed by atoms with Gasteiger partial charge in [-0.25, -0.2) is 0 Å². The molecule has 3 nitrogen and oxygen atoms in total. The number of hydrogen-bond donors (Lipinski definition) is 0. The number of aromatic nitrogens is 1. The lowest BCUT2D eigenvalue weighted by atomic mass is 9.92. The van der Waals surface area contributed by atoms with Crippen LogP contribution in [0.5, 0.6) is 0 Å². The second-order valence-electron chi connectivity index (χ2n) is 6.36. The minimum Gasteiger partial charge on any atom is -0.370 e. The Kier molecular flexibility index (Phi) is 3.39. The summed E-state index contributed by atoms with van der Waals surface area (Å²) in [4.78, 5) is 18.9. The maximum Gasteiger partial charge on any atom is 0.163 e. The summed E-state index contributed by atoms with van der Waals surface area (Å²) >= 11 is 3.66. The van der Waals surface area contributed by atoms with E-state index in [1.54, 1.807) is 6.92 Å². The molecule has 2 heterocycles. The van der Waals surface area contributed by atoms with Crippen molar-refractivity contribution in [3.05, 3.63) is 21.4 Å². The summed E-state index contributed by atoms with van der Waals surface area (Å²) in [6, 6.07) is 0. The summed E-state index contributed by atoms with van der Waals surface area (Å²) in [5, 5.41) is 0. The highest BCUT2D eigenvalue weighted by atomic mass is 79.9. The summed E-state index contributed by atoms with van der Waals surface area (Å²) in [5.41, 5.74) is 4.32. The Hall–Kier alpha value is -0.900. The third-order valence-electron chi connectivity index (χ3n) is 4.91. The lowest BCUT2D eigenvalue weighted by Crippen LogP contribution is -2.36. The minimum atomic E-state index is 0.109. The molecule has 0 radical (unpaired) electrons. The Morgan fingerprint density at radius 3 is 2.25 bits per heavy atom. The number of pyridine rings is 1. The molecule has 1 aromatic heterocycles. The van der Waals surface area contributed by atoms with Crippen LogP contribution < -0.4 is 4.90 Å². The van der Waals surface area contributed by atoms with Crippen LogP contribution in [-0.4, -0.2) is 23.9 Å². The molecule has 0 bridgehead atoms. The third kappa shape index (κ3) is 2.28. The van der Waals surface area contributed by atoms with Crippen LogP contribution in [0.15, 0.2) is 4.47 Å². The Bertz CT molecular complexity index is 568. The number of ketones is 1. The maximum atomic E-state index is 12.0. The fraction of sp³-hybridized carbons (Fsp3) is 0.625. The molecule has 1 spiro atoms. The molecule has 4 heteroatoms. The molecule has 0 unspecified atom stereocenters. The average molecular weight is 337 g/mol. The van der Waals surface area contributed by atoms with Crippen LogP contribution in [0.2, 0.25) is 0 Å². The highest BCUT2D eigenvalue weighted by Gasteiger charge is 2.45. The van der Waals surface area contributed by atoms with E-state index in [1.165, 1.54) is 25.7 Å². The Morgan fingerprint density at radius 2 is 1.75 bits per heavy atom. The van der Waals surface area contributed by atoms with Gasteiger partial charge >= 0.3 is 0 Å². The van der Waals surface area contributed by atoms with Gasteiger partial charge in [0, 0.05) is 13.1 Å². The summed E-state index contributed by atoms with van der Waals surface area (Å²) in [6.07, 6.45) is 5.32. The number of carbonyl (C=O) groups is 1. The van der Waals surface area contributed by atoms with Gasteiger partial charge in [-0.1, -0.05) is 0 Å². The molecular weight excluding hydrogens is 316 g/mol. The summed E-state index contributed by atoms with van der Waals surface area (Å²) in [7, 11) is 0. The molecule has 1 aromatic rings. The smallest absolute Gasteiger partial charge is 0.163 e. The van der Waals surface area contributed by atoms with Gasteiger partial charge < -0.3 is 4.90 Å². The van der Waals surface area contributed by atoms with Crippen LogP contribution in [0.3, 0.4) is 0 Å². The van der Waals surface area contributed by atoms with Gasteiger partial charge in [0.15, 0.2) is 5.78 Å². The van der Waals surface area contributed by atoms with Gasteiger partial charge in [-0.2, -0.15) is 0 Å². The number of carbonyl (C=O) groups excluding carboxylic acids is 1. The molecule has 2 fully saturated rings. The average Bonchev–Trinajstić information content (AvgIpc) is 3.14. The molecule has 1 saturated carbocycles. The van der Waals surface area contributed by atoms with Crippen LogP contribution in [0.25, 0.3) is 0 Å². The topological polar surface area (TPSA) is 33.2 Å². The molecule has 20 heavy (non-hydrogen) atoms. The van der Waals surface area contributed by atoms with Gasteiger partial charge in [0.25, 0.3) is 0 Å². The fourth-order valence-corrected chi connectivity index (χ4v) is 3.95. The zero-order valence-electron chi connectivity index (χ0n) is 12.4. The number of nitrogens with zero attached hydrogens (tertiary/aromatic N) is 2. The molecule has 2 aliphatic rings. The quantitative estimate of drug-likeness (QED) is 0.764. The van der Waals surface area contributed by atoms with Gasteiger partial charge in [0.1, 0.15) is 0 Å². The molecule has 1 aliphatic heterocycles. The van der Waals surface area contributed by atoms with Crippen molar-refractivity contribution in [3.8, 4) is 0 Å². The minimum absolute atomic E-state index is 0.109. The van der Waals surface area contributed by atoms with Crippen LogP contribution in [0.4, 0.5) is 5.69 Å². The van der Waals surface area contributed by atoms with Gasteiger partial charge in [0.05, 0.1) is 27.1 Å². The normalized spacial score (nSPS) is 20.3. The van der Waals surface area contributed by atoms with Gasteiger partial charge in [0.2, 0.25) is 0 Å². The van der Waals surface area contributed by atoms with E-state index in [1.807, 2.05) is 13.8 Å². The van der Waals surface area contributed by atoms with Crippen LogP contribution in [-0.2, 0) is 0 Å². The van der Waals surface area contributed by atoms with Crippen molar-refractivity contribution in [2.45, 2.75) is 46.5 Å². The monoisotopic (exact) mass is 336 g/mol. The maximum absolute atomic E-state index is 12.0. The van der Waals surface area contributed by atoms with E-state index in [4.69, 9.17) is 0 Å². The van der Waals surface area contributed by atoms with Gasteiger partial charge in [-0.05, 0) is 67.8 Å². The molecule has 0 N–H and O–H groups in total. The standard InChI is InChI=1S/C16H21BrN2O/c1-10-13(12(3)20)15(14(17)11(2)18-10)19-8-6-16(4-5-16)7-9-19/h4-9H2,1-3H3. The molecule has 1 saturated heterocycles. The van der Waals surface area contributed by atoms with Crippen molar-refractivity contribution >= 4 is 27.4 Å². The van der Waals surface area contributed by atoms with Crippen molar-refractivity contribution < 1.29 is 4.79 Å². The first-order valence-corrected chi connectivity index (χ1v) is 8.15. The largest absolute Gasteiger partial charge is 0.370 e. The predicted molar refractivity (Wildman–Crippen MR) is 84.5 cm³/mol. The fourth-order valence-electron chi connectivity index (χ4n) is 3.41. The lowest BCUT2D eigenvalue weighted by molar-refractivity contribution is 0.101. The van der Waals surface area contributed by atoms with Crippen LogP contribution in [0, 0.1) is 19.3 Å². The first-order chi connectivity index (χ1) is 9.43. The number of piperidine rings is 1. The van der Waals surface area contributed by atoms with Crippen molar-refractivity contribution in [1.29, 1.82) is 0 Å². The lowest BCUT2D eigenvalue weighted by Gasteiger charge is -2.36. The van der Waals surface area contributed by atoms with E-state index in [2.05, 4.69) is 25.8 Å². The SMILES string of the molecule is CC(=O)c1c(C)nc(C)c(Br)c1N1CCC2(CC1)CC2. The highest BCUT2D eigenvalue weighted by Crippen LogP contribution is 2.54. The van der Waals surface area contributed by atoms with E-state index >= 15 is 0 Å². The first kappa shape index (κ1) is 14.1. The van der Waals surface area contributed by atoms with E-state index < -0.39 is 0 Å². The second-order valence-corrected chi connectivity index (χ2v) is 7.16. The molecule has 108 valence electrons. The molecule has 0 aromatic carbocycles. The molecule has 1 aliphatic carbocycles. The summed E-state index contributed by atoms with van der Waals surface area (Å²) < 4.78 is 0.986. The van der Waals surface area contributed by atoms with E-state index in [9.17, 15) is 4.79 Å². The molecular formula is C16H21BrN2O. The zero-order chi connectivity index (χ0) is 14.5. The Morgan fingerprint density at radius 1 is 1.15 bits per heavy atom.